The van der Waals surface area contributed by atoms with E-state index in [0.717, 1.165) is 13.7 Å². The van der Waals surface area contributed by atoms with E-state index in [-0.39, 0.29) is 0 Å². The minimum atomic E-state index is -0.693. The van der Waals surface area contributed by atoms with Gasteiger partial charge in [-0.15, -0.1) is 0 Å². The molecule has 1 aromatic heterocycles. The number of hydrogen-bond acceptors (Lipinski definition) is 3. The highest BCUT2D eigenvalue weighted by Crippen LogP contribution is 1.81. The third kappa shape index (κ3) is 2.32. The van der Waals surface area contributed by atoms with Gasteiger partial charge in [0.15, 0.2) is 0 Å². The lowest BCUT2D eigenvalue weighted by Crippen LogP contribution is -2.50. The second-order valence-corrected chi connectivity index (χ2v) is 3.40. The van der Waals surface area contributed by atoms with Gasteiger partial charge in [-0.1, -0.05) is 18.2 Å². The fraction of sp³-hybridized carbons (Fsp3) is 0.250. The summed E-state index contributed by atoms with van der Waals surface area (Å²) < 4.78 is 2.63. The van der Waals surface area contributed by atoms with Crippen LogP contribution in [0.2, 0.25) is 0 Å². The molecule has 0 aromatic carbocycles. The molecule has 1 aromatic rings. The van der Waals surface area contributed by atoms with Gasteiger partial charge in [-0.05, 0) is 20.8 Å². The highest BCUT2D eigenvalue weighted by Gasteiger charge is 2.10. The third-order valence-corrected chi connectivity index (χ3v) is 2.13. The first-order valence-electron chi connectivity index (χ1n) is 5.46. The van der Waals surface area contributed by atoms with Crippen molar-refractivity contribution in [2.75, 3.05) is 0 Å². The number of aromatic nitrogens is 3. The van der Waals surface area contributed by atoms with Crippen LogP contribution < -0.4 is 17.1 Å². The van der Waals surface area contributed by atoms with Crippen LogP contribution in [0.25, 0.3) is 18.6 Å². The van der Waals surface area contributed by atoms with Crippen LogP contribution in [0.5, 0.6) is 0 Å². The molecule has 96 valence electrons. The SMILES string of the molecule is CC=Cn1c(=O)n(C=CC)c(=O)n(C=CC)c1=O. The summed E-state index contributed by atoms with van der Waals surface area (Å²) in [4.78, 5) is 35.8. The summed E-state index contributed by atoms with van der Waals surface area (Å²) in [7, 11) is 0. The van der Waals surface area contributed by atoms with Crippen molar-refractivity contribution in [2.45, 2.75) is 20.8 Å². The Morgan fingerprint density at radius 2 is 0.833 bits per heavy atom. The Bertz CT molecular complexity index is 558. The molecule has 0 fully saturated rings. The van der Waals surface area contributed by atoms with Gasteiger partial charge in [0.25, 0.3) is 0 Å². The Labute approximate surface area is 103 Å². The molecule has 0 amide bonds. The molecule has 1 rings (SSSR count). The van der Waals surface area contributed by atoms with E-state index in [4.69, 9.17) is 0 Å². The highest BCUT2D eigenvalue weighted by atomic mass is 16.2. The molecule has 0 unspecified atom stereocenters. The second-order valence-electron chi connectivity index (χ2n) is 3.40. The minimum absolute atomic E-state index is 0.693. The topological polar surface area (TPSA) is 66.0 Å². The summed E-state index contributed by atoms with van der Waals surface area (Å²) in [6, 6.07) is 0. The summed E-state index contributed by atoms with van der Waals surface area (Å²) >= 11 is 0. The molecule has 1 heterocycles. The lowest BCUT2D eigenvalue weighted by molar-refractivity contribution is 0.708. The van der Waals surface area contributed by atoms with E-state index >= 15 is 0 Å². The van der Waals surface area contributed by atoms with E-state index in [1.54, 1.807) is 39.0 Å². The van der Waals surface area contributed by atoms with E-state index < -0.39 is 17.1 Å². The zero-order chi connectivity index (χ0) is 13.7. The van der Waals surface area contributed by atoms with E-state index in [1.807, 2.05) is 0 Å². The first-order chi connectivity index (χ1) is 8.58. The maximum Gasteiger partial charge on any atom is 0.344 e. The zero-order valence-corrected chi connectivity index (χ0v) is 10.5. The largest absolute Gasteiger partial charge is 0.344 e. The van der Waals surface area contributed by atoms with Crippen LogP contribution in [0, 0.1) is 0 Å². The van der Waals surface area contributed by atoms with Crippen molar-refractivity contribution < 1.29 is 0 Å². The second kappa shape index (κ2) is 5.81. The van der Waals surface area contributed by atoms with E-state index in [0.29, 0.717) is 0 Å². The van der Waals surface area contributed by atoms with E-state index in [1.165, 1.54) is 18.6 Å². The molecule has 0 bridgehead atoms. The first-order valence-corrected chi connectivity index (χ1v) is 5.46. The van der Waals surface area contributed by atoms with Crippen molar-refractivity contribution in [1.29, 1.82) is 0 Å². The van der Waals surface area contributed by atoms with Crippen LogP contribution in [0.1, 0.15) is 20.8 Å². The monoisotopic (exact) mass is 249 g/mol. The molecule has 0 saturated heterocycles. The molecule has 6 nitrogen and oxygen atoms in total. The quantitative estimate of drug-likeness (QED) is 0.789. The lowest BCUT2D eigenvalue weighted by Gasteiger charge is -2.05. The van der Waals surface area contributed by atoms with Crippen LogP contribution in [-0.4, -0.2) is 13.7 Å². The maximum atomic E-state index is 11.9. The first kappa shape index (κ1) is 13.7. The van der Waals surface area contributed by atoms with Gasteiger partial charge >= 0.3 is 17.1 Å². The molecule has 0 aliphatic rings. The molecule has 0 spiro atoms. The molecule has 0 aliphatic heterocycles. The Balaban J connectivity index is 3.94. The Kier molecular flexibility index (Phi) is 4.42. The van der Waals surface area contributed by atoms with E-state index in [9.17, 15) is 14.4 Å². The van der Waals surface area contributed by atoms with Crippen molar-refractivity contribution >= 4 is 18.6 Å². The van der Waals surface area contributed by atoms with Crippen LogP contribution >= 0.6 is 0 Å². The maximum absolute atomic E-state index is 11.9. The molecule has 0 N–H and O–H groups in total. The van der Waals surface area contributed by atoms with Gasteiger partial charge in [-0.25, -0.2) is 28.1 Å². The summed E-state index contributed by atoms with van der Waals surface area (Å²) in [6.07, 6.45) is 8.62. The average molecular weight is 249 g/mol. The normalized spacial score (nSPS) is 12.2. The number of rotatable bonds is 3. The Morgan fingerprint density at radius 1 is 0.611 bits per heavy atom. The van der Waals surface area contributed by atoms with Crippen molar-refractivity contribution in [3.8, 4) is 0 Å². The zero-order valence-electron chi connectivity index (χ0n) is 10.5. The molecule has 18 heavy (non-hydrogen) atoms. The van der Waals surface area contributed by atoms with Gasteiger partial charge < -0.3 is 0 Å². The standard InChI is InChI=1S/C12H15N3O3/c1-4-7-13-10(16)14(8-5-2)12(18)15(9-6-3)11(13)17/h4-9H,1-3H3. The summed E-state index contributed by atoms with van der Waals surface area (Å²) in [5.74, 6) is 0. The Hall–Kier alpha value is -2.37. The van der Waals surface area contributed by atoms with Crippen LogP contribution in [0.15, 0.2) is 32.6 Å². The van der Waals surface area contributed by atoms with Gasteiger partial charge in [0.1, 0.15) is 0 Å². The molecule has 0 atom stereocenters. The summed E-state index contributed by atoms with van der Waals surface area (Å²) in [5, 5.41) is 0. The lowest BCUT2D eigenvalue weighted by atomic mass is 10.6. The average Bonchev–Trinajstić information content (AvgIpc) is 2.35. The summed E-state index contributed by atoms with van der Waals surface area (Å²) in [5.41, 5.74) is -2.08. The molecule has 0 aliphatic carbocycles. The fourth-order valence-electron chi connectivity index (χ4n) is 1.42. The molecule has 0 saturated carbocycles. The smallest absolute Gasteiger partial charge is 0.247 e. The summed E-state index contributed by atoms with van der Waals surface area (Å²) in [6.45, 7) is 5.03. The van der Waals surface area contributed by atoms with Gasteiger partial charge in [-0.2, -0.15) is 0 Å². The predicted molar refractivity (Wildman–Crippen MR) is 72.2 cm³/mol. The van der Waals surface area contributed by atoms with Crippen LogP contribution in [-0.2, 0) is 0 Å². The number of allylic oxidation sites excluding steroid dienone is 3. The molecule has 6 heteroatoms. The molecule has 0 radical (unpaired) electrons. The molecular formula is C12H15N3O3. The predicted octanol–water partition coefficient (Wildman–Crippen LogP) is 0.643. The van der Waals surface area contributed by atoms with Gasteiger partial charge in [-0.3, -0.25) is 0 Å². The third-order valence-electron chi connectivity index (χ3n) is 2.13. The van der Waals surface area contributed by atoms with Crippen molar-refractivity contribution in [3.05, 3.63) is 49.7 Å². The van der Waals surface area contributed by atoms with Gasteiger partial charge in [0.2, 0.25) is 0 Å². The highest BCUT2D eigenvalue weighted by molar-refractivity contribution is 5.28. The van der Waals surface area contributed by atoms with Crippen molar-refractivity contribution in [1.82, 2.24) is 13.7 Å². The van der Waals surface area contributed by atoms with Crippen LogP contribution in [0.4, 0.5) is 0 Å². The van der Waals surface area contributed by atoms with Gasteiger partial charge in [0, 0.05) is 18.6 Å². The molecular weight excluding hydrogens is 234 g/mol. The van der Waals surface area contributed by atoms with Crippen molar-refractivity contribution in [3.63, 3.8) is 0 Å². The fourth-order valence-corrected chi connectivity index (χ4v) is 1.42. The van der Waals surface area contributed by atoms with Crippen molar-refractivity contribution in [2.24, 2.45) is 0 Å². The Morgan fingerprint density at radius 3 is 1.00 bits per heavy atom. The van der Waals surface area contributed by atoms with Gasteiger partial charge in [0.05, 0.1) is 0 Å². The number of hydrogen-bond donors (Lipinski definition) is 0. The minimum Gasteiger partial charge on any atom is -0.247 e. The van der Waals surface area contributed by atoms with E-state index in [2.05, 4.69) is 0 Å². The van der Waals surface area contributed by atoms with Crippen LogP contribution in [0.3, 0.4) is 0 Å². The number of nitrogens with zero attached hydrogens (tertiary/aromatic N) is 3.